The van der Waals surface area contributed by atoms with Crippen molar-refractivity contribution in [1.29, 1.82) is 0 Å². The molecule has 0 fully saturated rings. The molecule has 2 aromatic carbocycles. The van der Waals surface area contributed by atoms with Gasteiger partial charge in [0.05, 0.1) is 0 Å². The first-order chi connectivity index (χ1) is 15.7. The summed E-state index contributed by atoms with van der Waals surface area (Å²) in [7, 11) is 0. The molecule has 3 aromatic rings. The van der Waals surface area contributed by atoms with Crippen molar-refractivity contribution in [1.82, 2.24) is 15.2 Å². The highest BCUT2D eigenvalue weighted by Gasteiger charge is 2.11. The second-order valence-electron chi connectivity index (χ2n) is 8.82. The maximum absolute atomic E-state index is 4.33. The van der Waals surface area contributed by atoms with Gasteiger partial charge < -0.3 is 0 Å². The second kappa shape index (κ2) is 13.0. The summed E-state index contributed by atoms with van der Waals surface area (Å²) in [6.07, 6.45) is 17.0. The van der Waals surface area contributed by atoms with E-state index >= 15 is 0 Å². The summed E-state index contributed by atoms with van der Waals surface area (Å²) in [4.78, 5) is 4.33. The van der Waals surface area contributed by atoms with Crippen molar-refractivity contribution < 1.29 is 0 Å². The van der Waals surface area contributed by atoms with Crippen LogP contribution in [0.4, 0.5) is 0 Å². The van der Waals surface area contributed by atoms with Gasteiger partial charge >= 0.3 is 0 Å². The van der Waals surface area contributed by atoms with Crippen LogP contribution in [0.5, 0.6) is 0 Å². The van der Waals surface area contributed by atoms with E-state index in [2.05, 4.69) is 84.5 Å². The number of benzene rings is 2. The van der Waals surface area contributed by atoms with E-state index in [-0.39, 0.29) is 0 Å². The van der Waals surface area contributed by atoms with Gasteiger partial charge in [0.25, 0.3) is 0 Å². The van der Waals surface area contributed by atoms with Crippen LogP contribution in [0, 0.1) is 6.92 Å². The van der Waals surface area contributed by atoms with Crippen LogP contribution in [0.2, 0.25) is 0 Å². The van der Waals surface area contributed by atoms with Crippen LogP contribution in [0.3, 0.4) is 0 Å². The number of aromatic nitrogens is 3. The van der Waals surface area contributed by atoms with Gasteiger partial charge in [0, 0.05) is 5.56 Å². The molecule has 0 amide bonds. The fraction of sp³-hybridized carbons (Fsp3) is 0.448. The van der Waals surface area contributed by atoms with E-state index in [4.69, 9.17) is 0 Å². The van der Waals surface area contributed by atoms with Crippen LogP contribution < -0.4 is 0 Å². The molecule has 1 N–H and O–H groups in total. The number of unbranched alkanes of at least 4 members (excludes halogenated alkanes) is 7. The maximum Gasteiger partial charge on any atom is 0.155 e. The third kappa shape index (κ3) is 6.91. The summed E-state index contributed by atoms with van der Waals surface area (Å²) in [5, 5.41) is 7.00. The Morgan fingerprint density at radius 2 is 1.69 bits per heavy atom. The van der Waals surface area contributed by atoms with E-state index in [9.17, 15) is 0 Å². The fourth-order valence-electron chi connectivity index (χ4n) is 4.35. The summed E-state index contributed by atoms with van der Waals surface area (Å²) >= 11 is 0. The molecule has 1 aromatic heterocycles. The Kier molecular flexibility index (Phi) is 9.74. The van der Waals surface area contributed by atoms with Crippen molar-refractivity contribution in [2.24, 2.45) is 0 Å². The van der Waals surface area contributed by atoms with Crippen molar-refractivity contribution in [3.63, 3.8) is 0 Å². The predicted molar refractivity (Wildman–Crippen MR) is 137 cm³/mol. The molecule has 0 saturated carbocycles. The Balaban J connectivity index is 1.69. The number of aromatic amines is 1. The van der Waals surface area contributed by atoms with Crippen molar-refractivity contribution in [2.75, 3.05) is 0 Å². The van der Waals surface area contributed by atoms with E-state index in [1.807, 2.05) is 0 Å². The van der Waals surface area contributed by atoms with Crippen molar-refractivity contribution >= 4 is 5.57 Å². The molecular formula is C29H39N3. The zero-order valence-electron chi connectivity index (χ0n) is 20.2. The Bertz CT molecular complexity index is 970. The zero-order valence-corrected chi connectivity index (χ0v) is 20.2. The van der Waals surface area contributed by atoms with Gasteiger partial charge in [0.15, 0.2) is 5.82 Å². The number of H-pyrrole nitrogens is 1. The number of rotatable bonds is 13. The molecule has 0 aliphatic rings. The molecular weight excluding hydrogens is 390 g/mol. The Morgan fingerprint density at radius 3 is 2.41 bits per heavy atom. The van der Waals surface area contributed by atoms with Crippen molar-refractivity contribution in [3.05, 3.63) is 77.1 Å². The van der Waals surface area contributed by atoms with E-state index in [0.717, 1.165) is 17.8 Å². The monoisotopic (exact) mass is 429 g/mol. The molecule has 32 heavy (non-hydrogen) atoms. The van der Waals surface area contributed by atoms with Gasteiger partial charge in [-0.1, -0.05) is 101 Å². The van der Waals surface area contributed by atoms with Gasteiger partial charge in [-0.15, -0.1) is 0 Å². The highest BCUT2D eigenvalue weighted by molar-refractivity contribution is 5.83. The molecule has 0 saturated heterocycles. The lowest BCUT2D eigenvalue weighted by molar-refractivity contribution is 0.575. The van der Waals surface area contributed by atoms with Crippen molar-refractivity contribution in [2.45, 2.75) is 85.0 Å². The molecule has 1 heterocycles. The third-order valence-electron chi connectivity index (χ3n) is 6.18. The van der Waals surface area contributed by atoms with Crippen LogP contribution >= 0.6 is 0 Å². The van der Waals surface area contributed by atoms with Crippen molar-refractivity contribution in [3.8, 4) is 11.4 Å². The molecule has 170 valence electrons. The fourth-order valence-corrected chi connectivity index (χ4v) is 4.35. The molecule has 0 aliphatic heterocycles. The standard InChI is InChI=1S/C29H39N3/c1-4-6-7-8-9-10-11-12-15-24-16-13-17-25(20-24)27(14-5-2)28-21-26(19-18-23(28)3)29-30-22-31-32-29/h13-14,16-22H,4-12,15H2,1-3H3,(H,30,31,32)/b27-14-. The topological polar surface area (TPSA) is 41.6 Å². The first-order valence-corrected chi connectivity index (χ1v) is 12.5. The van der Waals surface area contributed by atoms with E-state index < -0.39 is 0 Å². The predicted octanol–water partition coefficient (Wildman–Crippen LogP) is 8.31. The van der Waals surface area contributed by atoms with Gasteiger partial charge in [0.2, 0.25) is 0 Å². The molecule has 3 nitrogen and oxygen atoms in total. The lowest BCUT2D eigenvalue weighted by atomic mass is 9.90. The van der Waals surface area contributed by atoms with Crippen LogP contribution in [0.1, 0.15) is 93.9 Å². The van der Waals surface area contributed by atoms with Gasteiger partial charge in [-0.05, 0) is 60.1 Å². The summed E-state index contributed by atoms with van der Waals surface area (Å²) < 4.78 is 0. The first-order valence-electron chi connectivity index (χ1n) is 12.5. The smallest absolute Gasteiger partial charge is 0.155 e. The van der Waals surface area contributed by atoms with Gasteiger partial charge in [-0.25, -0.2) is 4.98 Å². The highest BCUT2D eigenvalue weighted by Crippen LogP contribution is 2.30. The Morgan fingerprint density at radius 1 is 0.906 bits per heavy atom. The van der Waals surface area contributed by atoms with Gasteiger partial charge in [0.1, 0.15) is 6.33 Å². The van der Waals surface area contributed by atoms with Crippen LogP contribution in [-0.4, -0.2) is 15.2 Å². The SMILES string of the molecule is CC/C=C(/c1cccc(CCCCCCCCCC)c1)c1cc(-c2ncn[nH]2)ccc1C. The van der Waals surface area contributed by atoms with Crippen LogP contribution in [0.25, 0.3) is 17.0 Å². The van der Waals surface area contributed by atoms with Crippen LogP contribution in [0.15, 0.2) is 54.9 Å². The summed E-state index contributed by atoms with van der Waals surface area (Å²) in [6.45, 7) is 6.68. The largest absolute Gasteiger partial charge is 0.259 e. The quantitative estimate of drug-likeness (QED) is 0.278. The minimum atomic E-state index is 0.811. The summed E-state index contributed by atoms with van der Waals surface area (Å²) in [5.41, 5.74) is 7.68. The normalized spacial score (nSPS) is 11.8. The number of hydrogen-bond acceptors (Lipinski definition) is 2. The number of allylic oxidation sites excluding steroid dienone is 1. The lowest BCUT2D eigenvalue weighted by Gasteiger charge is -2.14. The molecule has 3 rings (SSSR count). The third-order valence-corrected chi connectivity index (χ3v) is 6.18. The molecule has 0 spiro atoms. The number of aryl methyl sites for hydroxylation is 2. The highest BCUT2D eigenvalue weighted by atomic mass is 15.2. The van der Waals surface area contributed by atoms with Crippen LogP contribution in [-0.2, 0) is 6.42 Å². The van der Waals surface area contributed by atoms with Gasteiger partial charge in [-0.2, -0.15) is 5.10 Å². The average Bonchev–Trinajstić information content (AvgIpc) is 3.35. The van der Waals surface area contributed by atoms with E-state index in [0.29, 0.717) is 0 Å². The number of nitrogens with zero attached hydrogens (tertiary/aromatic N) is 2. The summed E-state index contributed by atoms with van der Waals surface area (Å²) in [5.74, 6) is 0.811. The second-order valence-corrected chi connectivity index (χ2v) is 8.82. The minimum Gasteiger partial charge on any atom is -0.259 e. The minimum absolute atomic E-state index is 0.811. The number of nitrogens with one attached hydrogen (secondary N) is 1. The Hall–Kier alpha value is -2.68. The van der Waals surface area contributed by atoms with E-state index in [1.54, 1.807) is 6.33 Å². The molecule has 0 radical (unpaired) electrons. The lowest BCUT2D eigenvalue weighted by Crippen LogP contribution is -1.95. The average molecular weight is 430 g/mol. The molecule has 3 heteroatoms. The molecule has 0 aliphatic carbocycles. The zero-order chi connectivity index (χ0) is 22.6. The molecule has 0 unspecified atom stereocenters. The Labute approximate surface area is 194 Å². The number of hydrogen-bond donors (Lipinski definition) is 1. The van der Waals surface area contributed by atoms with Gasteiger partial charge in [-0.3, -0.25) is 5.10 Å². The maximum atomic E-state index is 4.33. The molecule has 0 bridgehead atoms. The molecule has 0 atom stereocenters. The van der Waals surface area contributed by atoms with E-state index in [1.165, 1.54) is 85.6 Å². The first kappa shape index (κ1) is 24.0. The summed E-state index contributed by atoms with van der Waals surface area (Å²) in [6, 6.07) is 15.7.